The van der Waals surface area contributed by atoms with E-state index in [1.807, 2.05) is 25.9 Å². The zero-order valence-corrected chi connectivity index (χ0v) is 6.55. The second-order valence-corrected chi connectivity index (χ2v) is 2.47. The van der Waals surface area contributed by atoms with Gasteiger partial charge in [-0.1, -0.05) is 0 Å². The Balaban J connectivity index is 2.70. The summed E-state index contributed by atoms with van der Waals surface area (Å²) in [5, 5.41) is 1.81. The summed E-state index contributed by atoms with van der Waals surface area (Å²) in [5.41, 5.74) is 0. The highest BCUT2D eigenvalue weighted by Gasteiger charge is 2.22. The first-order chi connectivity index (χ1) is 4.13. The van der Waals surface area contributed by atoms with Gasteiger partial charge in [0, 0.05) is 18.8 Å². The molecule has 0 bridgehead atoms. The Hall–Kier alpha value is -0.280. The Morgan fingerprint density at radius 2 is 2.22 bits per heavy atom. The second kappa shape index (κ2) is 2.15. The minimum atomic E-state index is 0.0802. The van der Waals surface area contributed by atoms with E-state index in [0.717, 1.165) is 5.84 Å². The first kappa shape index (κ1) is 6.83. The van der Waals surface area contributed by atoms with Gasteiger partial charge in [-0.05, 0) is 13.8 Å². The van der Waals surface area contributed by atoms with Crippen LogP contribution in [-0.4, -0.2) is 28.6 Å². The number of amidine groups is 1. The van der Waals surface area contributed by atoms with Crippen molar-refractivity contribution in [2.24, 2.45) is 4.99 Å². The van der Waals surface area contributed by atoms with Crippen molar-refractivity contribution in [3.8, 4) is 0 Å². The van der Waals surface area contributed by atoms with E-state index >= 15 is 0 Å². The molecule has 1 heterocycles. The third-order valence-electron chi connectivity index (χ3n) is 1.44. The first-order valence-electron chi connectivity index (χ1n) is 2.86. The lowest BCUT2D eigenvalue weighted by molar-refractivity contribution is 0.177. The van der Waals surface area contributed by atoms with Gasteiger partial charge >= 0.3 is 0 Å². The summed E-state index contributed by atoms with van der Waals surface area (Å²) in [5.74, 6) is 0.956. The van der Waals surface area contributed by atoms with Crippen LogP contribution in [0, 0.1) is 0 Å². The van der Waals surface area contributed by atoms with Gasteiger partial charge in [-0.2, -0.15) is 0 Å². The molecule has 0 amide bonds. The van der Waals surface area contributed by atoms with E-state index in [1.54, 1.807) is 4.53 Å². The molecule has 0 aromatic rings. The van der Waals surface area contributed by atoms with Crippen LogP contribution < -0.4 is 0 Å². The normalized spacial score (nSPS) is 29.1. The Bertz CT molecular complexity index is 145. The van der Waals surface area contributed by atoms with E-state index in [4.69, 9.17) is 11.8 Å². The minimum absolute atomic E-state index is 0.0802. The molecule has 0 fully saturated rings. The Morgan fingerprint density at radius 3 is 2.33 bits per heavy atom. The van der Waals surface area contributed by atoms with Crippen LogP contribution in [0.1, 0.15) is 13.8 Å². The summed E-state index contributed by atoms with van der Waals surface area (Å²) >= 11 is 5.75. The maximum atomic E-state index is 5.75. The molecule has 0 radical (unpaired) electrons. The van der Waals surface area contributed by atoms with Gasteiger partial charge in [0.15, 0.2) is 0 Å². The summed E-state index contributed by atoms with van der Waals surface area (Å²) < 4.78 is 1.56. The maximum Gasteiger partial charge on any atom is 0.135 e. The van der Waals surface area contributed by atoms with Crippen molar-refractivity contribution in [3.63, 3.8) is 0 Å². The largest absolute Gasteiger partial charge is 0.281 e. The molecular weight excluding hydrogens is 138 g/mol. The molecule has 1 aliphatic heterocycles. The van der Waals surface area contributed by atoms with Crippen LogP contribution in [0.3, 0.4) is 0 Å². The van der Waals surface area contributed by atoms with Crippen LogP contribution in [-0.2, 0) is 0 Å². The topological polar surface area (TPSA) is 18.8 Å². The van der Waals surface area contributed by atoms with Crippen molar-refractivity contribution < 1.29 is 0 Å². The molecule has 3 nitrogen and oxygen atoms in total. The predicted octanol–water partition coefficient (Wildman–Crippen LogP) is 1.07. The number of rotatable bonds is 0. The minimum Gasteiger partial charge on any atom is -0.281 e. The molecule has 0 saturated carbocycles. The molecule has 0 spiro atoms. The number of hydrogen-bond acceptors (Lipinski definition) is 3. The maximum absolute atomic E-state index is 5.75. The van der Waals surface area contributed by atoms with E-state index in [1.165, 1.54) is 0 Å². The molecule has 0 aromatic heterocycles. The van der Waals surface area contributed by atoms with E-state index in [0.29, 0.717) is 0 Å². The molecule has 1 atom stereocenters. The average molecular weight is 148 g/mol. The van der Waals surface area contributed by atoms with Crippen LogP contribution in [0.15, 0.2) is 4.99 Å². The van der Waals surface area contributed by atoms with Gasteiger partial charge in [0.05, 0.1) is 0 Å². The third-order valence-corrected chi connectivity index (χ3v) is 1.95. The van der Waals surface area contributed by atoms with Gasteiger partial charge < -0.3 is 0 Å². The fraction of sp³-hybridized carbons (Fsp3) is 0.800. The number of aliphatic imine (C=N–C) groups is 1. The second-order valence-electron chi connectivity index (χ2n) is 2.12. The van der Waals surface area contributed by atoms with Crippen molar-refractivity contribution in [3.05, 3.63) is 0 Å². The van der Waals surface area contributed by atoms with Crippen LogP contribution in [0.4, 0.5) is 0 Å². The Morgan fingerprint density at radius 1 is 1.67 bits per heavy atom. The van der Waals surface area contributed by atoms with Crippen LogP contribution >= 0.6 is 11.8 Å². The van der Waals surface area contributed by atoms with Gasteiger partial charge in [-0.3, -0.25) is 5.01 Å². The fourth-order valence-electron chi connectivity index (χ4n) is 0.791. The van der Waals surface area contributed by atoms with Gasteiger partial charge in [-0.15, -0.1) is 4.53 Å². The molecule has 0 N–H and O–H groups in total. The molecule has 0 aliphatic carbocycles. The van der Waals surface area contributed by atoms with E-state index in [2.05, 4.69) is 4.99 Å². The van der Waals surface area contributed by atoms with Gasteiger partial charge in [0.25, 0.3) is 0 Å². The van der Waals surface area contributed by atoms with Crippen LogP contribution in [0.25, 0.3) is 0 Å². The molecule has 1 aliphatic rings. The predicted molar refractivity (Wildman–Crippen MR) is 38.0 cm³/mol. The summed E-state index contributed by atoms with van der Waals surface area (Å²) in [7, 11) is 1.88. The van der Waals surface area contributed by atoms with Crippen molar-refractivity contribution in [1.82, 2.24) is 9.54 Å². The summed E-state index contributed by atoms with van der Waals surface area (Å²) in [4.78, 5) is 4.19. The average Bonchev–Trinajstić information content (AvgIpc) is 1.98. The monoisotopic (exact) mass is 147 g/mol. The molecule has 1 unspecified atom stereocenters. The molecule has 1 rings (SSSR count). The zero-order chi connectivity index (χ0) is 7.02. The number of halogens is 1. The van der Waals surface area contributed by atoms with Gasteiger partial charge in [0.2, 0.25) is 0 Å². The van der Waals surface area contributed by atoms with E-state index in [-0.39, 0.29) is 6.17 Å². The number of hydrogen-bond donors (Lipinski definition) is 0. The van der Waals surface area contributed by atoms with Crippen molar-refractivity contribution in [2.45, 2.75) is 20.0 Å². The standard InChI is InChI=1S/C5H10ClN3/c1-4-7-5(2)9(6)8(4)3/h5H,1-3H3. The zero-order valence-electron chi connectivity index (χ0n) is 5.80. The highest BCUT2D eigenvalue weighted by molar-refractivity contribution is 6.14. The quantitative estimate of drug-likeness (QED) is 0.478. The lowest BCUT2D eigenvalue weighted by Crippen LogP contribution is -2.32. The number of hydrazine groups is 1. The van der Waals surface area contributed by atoms with Gasteiger partial charge in [-0.25, -0.2) is 4.99 Å². The van der Waals surface area contributed by atoms with Crippen LogP contribution in [0.5, 0.6) is 0 Å². The molecule has 0 saturated heterocycles. The Labute approximate surface area is 60.0 Å². The highest BCUT2D eigenvalue weighted by Crippen LogP contribution is 2.15. The van der Waals surface area contributed by atoms with Crippen molar-refractivity contribution in [1.29, 1.82) is 0 Å². The lowest BCUT2D eigenvalue weighted by atomic mass is 10.6. The summed E-state index contributed by atoms with van der Waals surface area (Å²) in [6, 6.07) is 0. The van der Waals surface area contributed by atoms with Crippen molar-refractivity contribution in [2.75, 3.05) is 7.05 Å². The summed E-state index contributed by atoms with van der Waals surface area (Å²) in [6.45, 7) is 3.87. The molecule has 0 aromatic carbocycles. The lowest BCUT2D eigenvalue weighted by Gasteiger charge is -2.19. The SMILES string of the molecule is CC1=NC(C)N(Cl)N1C. The van der Waals surface area contributed by atoms with E-state index in [9.17, 15) is 0 Å². The summed E-state index contributed by atoms with van der Waals surface area (Å²) in [6.07, 6.45) is 0.0802. The smallest absolute Gasteiger partial charge is 0.135 e. The van der Waals surface area contributed by atoms with E-state index < -0.39 is 0 Å². The third kappa shape index (κ3) is 1.02. The van der Waals surface area contributed by atoms with Gasteiger partial charge in [0.1, 0.15) is 12.0 Å². The molecule has 4 heteroatoms. The fourth-order valence-corrected chi connectivity index (χ4v) is 0.944. The first-order valence-corrected chi connectivity index (χ1v) is 3.20. The molecule has 9 heavy (non-hydrogen) atoms. The Kier molecular flexibility index (Phi) is 1.64. The van der Waals surface area contributed by atoms with Crippen molar-refractivity contribution >= 4 is 17.6 Å². The number of nitrogens with zero attached hydrogens (tertiary/aromatic N) is 3. The highest BCUT2D eigenvalue weighted by atomic mass is 35.5. The van der Waals surface area contributed by atoms with Crippen LogP contribution in [0.2, 0.25) is 0 Å². The molecule has 52 valence electrons. The molecular formula is C5H10ClN3.